The number of amides is 1. The highest BCUT2D eigenvalue weighted by Crippen LogP contribution is 2.25. The standard InChI is InChI=1S/C11H18N4O/c1-6-4-3-5-8(6)13-11(16)9-7(2)14-15-10(9)12/h6,8H,3-5H2,1-2H3,(H,13,16)(H3,12,14,15). The molecular weight excluding hydrogens is 204 g/mol. The summed E-state index contributed by atoms with van der Waals surface area (Å²) in [6, 6.07) is 0.279. The Kier molecular flexibility index (Phi) is 2.85. The quantitative estimate of drug-likeness (QED) is 0.703. The maximum absolute atomic E-state index is 12.0. The van der Waals surface area contributed by atoms with Crippen molar-refractivity contribution in [2.45, 2.75) is 39.2 Å². The number of hydrogen-bond acceptors (Lipinski definition) is 3. The van der Waals surface area contributed by atoms with Gasteiger partial charge in [0.25, 0.3) is 5.91 Å². The lowest BCUT2D eigenvalue weighted by atomic mass is 10.1. The molecule has 88 valence electrons. The Hall–Kier alpha value is -1.52. The van der Waals surface area contributed by atoms with E-state index in [1.807, 2.05) is 0 Å². The zero-order chi connectivity index (χ0) is 11.7. The predicted octanol–water partition coefficient (Wildman–Crippen LogP) is 1.22. The van der Waals surface area contributed by atoms with Crippen molar-refractivity contribution < 1.29 is 4.79 Å². The first-order valence-electron chi connectivity index (χ1n) is 5.71. The van der Waals surface area contributed by atoms with E-state index < -0.39 is 0 Å². The Morgan fingerprint density at radius 2 is 2.31 bits per heavy atom. The fraction of sp³-hybridized carbons (Fsp3) is 0.636. The highest BCUT2D eigenvalue weighted by Gasteiger charge is 2.26. The minimum atomic E-state index is -0.109. The number of anilines is 1. The van der Waals surface area contributed by atoms with Crippen LogP contribution in [0.25, 0.3) is 0 Å². The van der Waals surface area contributed by atoms with Crippen molar-refractivity contribution in [2.24, 2.45) is 5.92 Å². The van der Waals surface area contributed by atoms with Gasteiger partial charge in [0.2, 0.25) is 0 Å². The second-order valence-corrected chi connectivity index (χ2v) is 4.60. The molecule has 2 unspecified atom stereocenters. The number of carbonyl (C=O) groups is 1. The van der Waals surface area contributed by atoms with E-state index in [-0.39, 0.29) is 17.8 Å². The van der Waals surface area contributed by atoms with E-state index >= 15 is 0 Å². The number of aryl methyl sites for hydroxylation is 1. The summed E-state index contributed by atoms with van der Waals surface area (Å²) in [5.74, 6) is 0.723. The van der Waals surface area contributed by atoms with Gasteiger partial charge in [-0.1, -0.05) is 13.3 Å². The third-order valence-corrected chi connectivity index (χ3v) is 3.38. The van der Waals surface area contributed by atoms with Gasteiger partial charge in [-0.2, -0.15) is 5.10 Å². The van der Waals surface area contributed by atoms with Crippen LogP contribution in [-0.4, -0.2) is 22.1 Å². The molecular formula is C11H18N4O. The summed E-state index contributed by atoms with van der Waals surface area (Å²) < 4.78 is 0. The van der Waals surface area contributed by atoms with Gasteiger partial charge in [0, 0.05) is 11.7 Å². The van der Waals surface area contributed by atoms with Crippen molar-refractivity contribution in [3.8, 4) is 0 Å². The maximum Gasteiger partial charge on any atom is 0.257 e. The van der Waals surface area contributed by atoms with Crippen LogP contribution in [0.3, 0.4) is 0 Å². The van der Waals surface area contributed by atoms with E-state index in [4.69, 9.17) is 5.73 Å². The van der Waals surface area contributed by atoms with Crippen LogP contribution in [0.5, 0.6) is 0 Å². The number of carbonyl (C=O) groups excluding carboxylic acids is 1. The van der Waals surface area contributed by atoms with Crippen molar-refractivity contribution in [3.05, 3.63) is 11.3 Å². The predicted molar refractivity (Wildman–Crippen MR) is 62.0 cm³/mol. The molecule has 0 aromatic carbocycles. The van der Waals surface area contributed by atoms with Gasteiger partial charge in [0.05, 0.1) is 0 Å². The van der Waals surface area contributed by atoms with Crippen molar-refractivity contribution >= 4 is 11.7 Å². The normalized spacial score (nSPS) is 24.6. The average Bonchev–Trinajstić information content (AvgIpc) is 2.75. The molecule has 5 heteroatoms. The van der Waals surface area contributed by atoms with Crippen LogP contribution >= 0.6 is 0 Å². The van der Waals surface area contributed by atoms with Crippen LogP contribution < -0.4 is 11.1 Å². The van der Waals surface area contributed by atoms with E-state index in [9.17, 15) is 4.79 Å². The smallest absolute Gasteiger partial charge is 0.257 e. The number of nitrogen functional groups attached to an aromatic ring is 1. The summed E-state index contributed by atoms with van der Waals surface area (Å²) in [4.78, 5) is 12.0. The molecule has 1 aliphatic rings. The highest BCUT2D eigenvalue weighted by atomic mass is 16.1. The highest BCUT2D eigenvalue weighted by molar-refractivity contribution is 5.99. The average molecular weight is 222 g/mol. The van der Waals surface area contributed by atoms with Crippen LogP contribution in [-0.2, 0) is 0 Å². The molecule has 1 aromatic heterocycles. The first-order chi connectivity index (χ1) is 7.59. The molecule has 0 saturated heterocycles. The van der Waals surface area contributed by atoms with E-state index in [1.54, 1.807) is 6.92 Å². The van der Waals surface area contributed by atoms with Crippen molar-refractivity contribution in [2.75, 3.05) is 5.73 Å². The number of nitrogens with one attached hydrogen (secondary N) is 2. The number of hydrogen-bond donors (Lipinski definition) is 3. The van der Waals surface area contributed by atoms with Gasteiger partial charge >= 0.3 is 0 Å². The molecule has 4 N–H and O–H groups in total. The molecule has 0 spiro atoms. The van der Waals surface area contributed by atoms with Crippen LogP contribution in [0.15, 0.2) is 0 Å². The Balaban J connectivity index is 2.08. The van der Waals surface area contributed by atoms with Crippen molar-refractivity contribution in [1.29, 1.82) is 0 Å². The van der Waals surface area contributed by atoms with E-state index in [2.05, 4.69) is 22.4 Å². The molecule has 1 heterocycles. The van der Waals surface area contributed by atoms with E-state index in [0.717, 1.165) is 12.1 Å². The minimum Gasteiger partial charge on any atom is -0.382 e. The zero-order valence-electron chi connectivity index (χ0n) is 9.71. The molecule has 16 heavy (non-hydrogen) atoms. The number of aromatic amines is 1. The third-order valence-electron chi connectivity index (χ3n) is 3.38. The molecule has 5 nitrogen and oxygen atoms in total. The molecule has 0 radical (unpaired) electrons. The van der Waals surface area contributed by atoms with Gasteiger partial charge in [-0.3, -0.25) is 9.89 Å². The van der Waals surface area contributed by atoms with Crippen LogP contribution in [0.1, 0.15) is 42.2 Å². The topological polar surface area (TPSA) is 83.8 Å². The van der Waals surface area contributed by atoms with Gasteiger partial charge < -0.3 is 11.1 Å². The number of nitrogens with two attached hydrogens (primary N) is 1. The summed E-state index contributed by atoms with van der Waals surface area (Å²) in [5.41, 5.74) is 6.86. The van der Waals surface area contributed by atoms with Crippen LogP contribution in [0.4, 0.5) is 5.82 Å². The fourth-order valence-corrected chi connectivity index (χ4v) is 2.34. The molecule has 0 aliphatic heterocycles. The molecule has 1 fully saturated rings. The van der Waals surface area contributed by atoms with Gasteiger partial charge in [-0.25, -0.2) is 0 Å². The van der Waals surface area contributed by atoms with Gasteiger partial charge in [-0.15, -0.1) is 0 Å². The molecule has 1 aliphatic carbocycles. The van der Waals surface area contributed by atoms with E-state index in [0.29, 0.717) is 11.5 Å². The zero-order valence-corrected chi connectivity index (χ0v) is 9.71. The van der Waals surface area contributed by atoms with Crippen LogP contribution in [0, 0.1) is 12.8 Å². The monoisotopic (exact) mass is 222 g/mol. The summed E-state index contributed by atoms with van der Waals surface area (Å²) >= 11 is 0. The largest absolute Gasteiger partial charge is 0.382 e. The van der Waals surface area contributed by atoms with Crippen LogP contribution in [0.2, 0.25) is 0 Å². The lowest BCUT2D eigenvalue weighted by molar-refractivity contribution is 0.0930. The number of nitrogens with zero attached hydrogens (tertiary/aromatic N) is 1. The van der Waals surface area contributed by atoms with Gasteiger partial charge in [-0.05, 0) is 25.7 Å². The molecule has 2 rings (SSSR count). The Labute approximate surface area is 94.8 Å². The van der Waals surface area contributed by atoms with E-state index in [1.165, 1.54) is 12.8 Å². The van der Waals surface area contributed by atoms with Crippen molar-refractivity contribution in [3.63, 3.8) is 0 Å². The maximum atomic E-state index is 12.0. The van der Waals surface area contributed by atoms with Gasteiger partial charge in [0.1, 0.15) is 5.56 Å². The Morgan fingerprint density at radius 3 is 2.81 bits per heavy atom. The summed E-state index contributed by atoms with van der Waals surface area (Å²) in [6.45, 7) is 3.97. The number of H-pyrrole nitrogens is 1. The van der Waals surface area contributed by atoms with Crippen molar-refractivity contribution in [1.82, 2.24) is 15.5 Å². The number of aromatic nitrogens is 2. The summed E-state index contributed by atoms with van der Waals surface area (Å²) in [5, 5.41) is 9.57. The second kappa shape index (κ2) is 4.15. The molecule has 1 saturated carbocycles. The Bertz CT molecular complexity index is 379. The minimum absolute atomic E-state index is 0.109. The van der Waals surface area contributed by atoms with Gasteiger partial charge in [0.15, 0.2) is 5.82 Å². The first-order valence-corrected chi connectivity index (χ1v) is 5.71. The Morgan fingerprint density at radius 1 is 1.56 bits per heavy atom. The lowest BCUT2D eigenvalue weighted by Crippen LogP contribution is -2.36. The molecule has 2 atom stereocenters. The molecule has 1 aromatic rings. The summed E-state index contributed by atoms with van der Waals surface area (Å²) in [7, 11) is 0. The molecule has 1 amide bonds. The summed E-state index contributed by atoms with van der Waals surface area (Å²) in [6.07, 6.45) is 3.43. The third kappa shape index (κ3) is 1.89. The second-order valence-electron chi connectivity index (χ2n) is 4.60. The first kappa shape index (κ1) is 11.0. The number of rotatable bonds is 2. The lowest BCUT2D eigenvalue weighted by Gasteiger charge is -2.17. The SMILES string of the molecule is Cc1[nH]nc(N)c1C(=O)NC1CCCC1C. The molecule has 0 bridgehead atoms. The fourth-order valence-electron chi connectivity index (χ4n) is 2.34.